The van der Waals surface area contributed by atoms with Crippen LogP contribution in [-0.2, 0) is 23.8 Å². The number of carbonyl (C=O) groups excluding carboxylic acids is 3. The number of aliphatic hydroxyl groups is 2. The molecule has 24 heteroatoms. The van der Waals surface area contributed by atoms with E-state index in [9.17, 15) is 59.0 Å². The van der Waals surface area contributed by atoms with Crippen LogP contribution in [0.3, 0.4) is 0 Å². The fourth-order valence-corrected chi connectivity index (χ4v) is 11.6. The number of esters is 1. The number of halogens is 1. The molecule has 0 aliphatic carbocycles. The van der Waals surface area contributed by atoms with Crippen LogP contribution in [0.2, 0.25) is 0 Å². The molecule has 3 aromatic carbocycles. The summed E-state index contributed by atoms with van der Waals surface area (Å²) < 4.78 is 46.2. The number of ether oxygens (including phenoxy) is 5. The molecule has 0 spiro atoms. The lowest BCUT2D eigenvalue weighted by Crippen LogP contribution is -2.46. The number of carboxylic acid groups (broad SMARTS) is 1. The molecule has 0 unspecified atom stereocenters. The lowest BCUT2D eigenvalue weighted by Gasteiger charge is -2.38. The number of rotatable bonds is 6. The third-order valence-corrected chi connectivity index (χ3v) is 17.1. The second kappa shape index (κ2) is 25.4. The summed E-state index contributed by atoms with van der Waals surface area (Å²) in [5, 5.41) is 76.2. The van der Waals surface area contributed by atoms with Gasteiger partial charge in [0.2, 0.25) is 5.43 Å². The standard InChI is InChI=1S/C43H58N4O12.C18H20FN3O4/c1-21-12-11-13-22(2)42(55)45-33-28(20-44-47-17-15-46(9)16-18-47)37(52)30-31(38(33)53)36(51)26(6)40-32(30)41(54)43(8,59-40)57-19-14-29(56-10)23(3)39(58-27(7)48)25(5)35(50)24(4)34(21)49;1-10-9-26-17-14-11(16(23)12(18(24)25)8-22(10)14)7-13(19)15(17)21-5-3-20(2)4-6-21/h11-14,19-21,23-25,29,34-35,39,49-53H,15-18H2,1-10H3,(H,45,55);7-8,10H,3-6,9H2,1-2H3,(H,24,25)/b12-11+,19-14+,22-13-,44-20-;/t21-,23+,24+,25+,29-,34-,35+,39+,43-;10-/m00/s1. The van der Waals surface area contributed by atoms with Crippen molar-refractivity contribution in [3.05, 3.63) is 86.7 Å². The SMILES string of the molecule is CO[C@H]1/C=C/O[C@@]2(C)Oc3c(C)c(O)c4c(O)c(c(/C=N\N5CCN(C)CC5)c(O)c4c3C2=O)NC(=O)/C(C)=C\C=C\[C@H](C)[C@H](O)[C@@H](C)[C@@H](O)[C@@H](C)[C@H](OC(C)=O)[C@@H]1C.C[C@H]1COc2c(N3CCN(C)CC3)c(F)cc3c(=O)c(C(=O)O)cn1c23. The van der Waals surface area contributed by atoms with Crippen LogP contribution in [0.15, 0.2) is 58.3 Å². The average Bonchev–Trinajstić information content (AvgIpc) is 2.12. The number of pyridine rings is 1. The first kappa shape index (κ1) is 63.3. The number of phenolic OH excluding ortho intramolecular Hbond substituents is 3. The molecule has 5 bridgehead atoms. The predicted octanol–water partition coefficient (Wildman–Crippen LogP) is 5.88. The van der Waals surface area contributed by atoms with Gasteiger partial charge in [0.25, 0.3) is 11.7 Å². The van der Waals surface area contributed by atoms with Gasteiger partial charge in [-0.1, -0.05) is 45.9 Å². The topological polar surface area (TPSA) is 295 Å². The highest BCUT2D eigenvalue weighted by Crippen LogP contribution is 2.55. The summed E-state index contributed by atoms with van der Waals surface area (Å²) in [7, 11) is 5.44. The summed E-state index contributed by atoms with van der Waals surface area (Å²) in [6.07, 6.45) is 6.20. The number of aliphatic hydroxyl groups excluding tert-OH is 2. The minimum Gasteiger partial charge on any atom is -0.507 e. The lowest BCUT2D eigenvalue weighted by atomic mass is 9.78. The number of likely N-dealkylation sites (N-methyl/N-ethyl adjacent to an activating group) is 2. The number of hydrazone groups is 1. The van der Waals surface area contributed by atoms with Crippen LogP contribution in [0.25, 0.3) is 21.7 Å². The number of phenols is 3. The second-order valence-electron chi connectivity index (χ2n) is 23.1. The molecule has 7 N–H and O–H groups in total. The number of amides is 1. The summed E-state index contributed by atoms with van der Waals surface area (Å²) in [5.41, 5.74) is -0.574. The third-order valence-electron chi connectivity index (χ3n) is 17.1. The molecule has 23 nitrogen and oxygen atoms in total. The maximum atomic E-state index is 15.0. The highest BCUT2D eigenvalue weighted by Gasteiger charge is 2.50. The van der Waals surface area contributed by atoms with Gasteiger partial charge in [0.1, 0.15) is 41.2 Å². The maximum Gasteiger partial charge on any atom is 0.341 e. The van der Waals surface area contributed by atoms with E-state index < -0.39 is 106 Å². The van der Waals surface area contributed by atoms with Gasteiger partial charge in [-0.2, -0.15) is 5.10 Å². The zero-order valence-corrected chi connectivity index (χ0v) is 50.0. The van der Waals surface area contributed by atoms with Gasteiger partial charge in [-0.05, 0) is 47.0 Å². The van der Waals surface area contributed by atoms with Gasteiger partial charge in [0.15, 0.2) is 17.3 Å². The van der Waals surface area contributed by atoms with Gasteiger partial charge in [-0.15, -0.1) is 0 Å². The van der Waals surface area contributed by atoms with E-state index in [2.05, 4.69) is 20.2 Å². The number of ketones is 1. The summed E-state index contributed by atoms with van der Waals surface area (Å²) in [6, 6.07) is 0.994. The normalized spacial score (nSPS) is 28.5. The van der Waals surface area contributed by atoms with Crippen LogP contribution in [0.4, 0.5) is 15.8 Å². The first-order chi connectivity index (χ1) is 40.1. The number of nitrogens with one attached hydrogen (secondary N) is 1. The summed E-state index contributed by atoms with van der Waals surface area (Å²) >= 11 is 0. The Bertz CT molecular complexity index is 3460. The van der Waals surface area contributed by atoms with Crippen molar-refractivity contribution in [2.24, 2.45) is 28.8 Å². The van der Waals surface area contributed by atoms with Gasteiger partial charge in [0.05, 0.1) is 69.9 Å². The Morgan fingerprint density at radius 2 is 1.51 bits per heavy atom. The number of allylic oxidation sites excluding steroid dienone is 2. The minimum absolute atomic E-state index is 0.0434. The quantitative estimate of drug-likeness (QED) is 0.0513. The summed E-state index contributed by atoms with van der Waals surface area (Å²) in [5.74, 6) is -9.89. The summed E-state index contributed by atoms with van der Waals surface area (Å²) in [4.78, 5) is 70.7. The van der Waals surface area contributed by atoms with Gasteiger partial charge >= 0.3 is 17.7 Å². The highest BCUT2D eigenvalue weighted by molar-refractivity contribution is 6.24. The van der Waals surface area contributed by atoms with Crippen LogP contribution in [-0.4, -0.2) is 190 Å². The van der Waals surface area contributed by atoms with Crippen LogP contribution in [0.5, 0.6) is 28.7 Å². The monoisotopic (exact) mass is 1180 g/mol. The Kier molecular flexibility index (Phi) is 18.9. The Morgan fingerprint density at radius 1 is 0.859 bits per heavy atom. The van der Waals surface area contributed by atoms with E-state index in [0.29, 0.717) is 43.1 Å². The molecule has 4 aromatic rings. The Hall–Kier alpha value is -7.77. The summed E-state index contributed by atoms with van der Waals surface area (Å²) in [6.45, 7) is 20.2. The molecule has 7 heterocycles. The molecule has 0 saturated carbocycles. The number of carboxylic acids is 1. The molecule has 10 rings (SSSR count). The first-order valence-electron chi connectivity index (χ1n) is 28.4. The van der Waals surface area contributed by atoms with Gasteiger partial charge < -0.3 is 78.9 Å². The van der Waals surface area contributed by atoms with Crippen molar-refractivity contribution in [2.75, 3.05) is 90.4 Å². The number of hydrogen-bond acceptors (Lipinski definition) is 20. The van der Waals surface area contributed by atoms with Gasteiger partial charge in [-0.3, -0.25) is 24.2 Å². The Labute approximate surface area is 491 Å². The molecule has 1 amide bonds. The molecule has 6 aliphatic heterocycles. The molecule has 6 aliphatic rings. The van der Waals surface area contributed by atoms with E-state index in [4.69, 9.17) is 23.7 Å². The van der Waals surface area contributed by atoms with Crippen molar-refractivity contribution in [1.29, 1.82) is 0 Å². The number of methoxy groups -OCH3 is 1. The fraction of sp³-hybridized carbons (Fsp3) is 0.508. The molecule has 10 atom stereocenters. The van der Waals surface area contributed by atoms with Crippen molar-refractivity contribution in [3.8, 4) is 28.7 Å². The van der Waals surface area contributed by atoms with E-state index >= 15 is 0 Å². The number of aromatic carboxylic acids is 1. The number of hydrogen-bond donors (Lipinski definition) is 7. The van der Waals surface area contributed by atoms with Crippen LogP contribution in [0.1, 0.15) is 93.3 Å². The van der Waals surface area contributed by atoms with Crippen LogP contribution in [0, 0.1) is 36.4 Å². The van der Waals surface area contributed by atoms with Crippen molar-refractivity contribution in [3.63, 3.8) is 0 Å². The molecule has 2 saturated heterocycles. The van der Waals surface area contributed by atoms with E-state index in [1.165, 1.54) is 65.6 Å². The van der Waals surface area contributed by atoms with Crippen molar-refractivity contribution in [1.82, 2.24) is 19.4 Å². The van der Waals surface area contributed by atoms with Gasteiger partial charge in [-0.25, -0.2) is 9.18 Å². The number of anilines is 2. The largest absolute Gasteiger partial charge is 0.507 e. The molecule has 2 fully saturated rings. The number of aromatic hydroxyl groups is 3. The third kappa shape index (κ3) is 12.4. The number of aromatic nitrogens is 1. The van der Waals surface area contributed by atoms with E-state index in [0.717, 1.165) is 32.2 Å². The molecular formula is C61H78FN7O16. The Morgan fingerprint density at radius 3 is 2.13 bits per heavy atom. The second-order valence-corrected chi connectivity index (χ2v) is 23.1. The molecule has 460 valence electrons. The van der Waals surface area contributed by atoms with Crippen molar-refractivity contribution < 1.29 is 77.9 Å². The molecule has 85 heavy (non-hydrogen) atoms. The van der Waals surface area contributed by atoms with Crippen molar-refractivity contribution in [2.45, 2.75) is 98.6 Å². The van der Waals surface area contributed by atoms with E-state index in [1.54, 1.807) is 49.4 Å². The zero-order chi connectivity index (χ0) is 62.3. The zero-order valence-electron chi connectivity index (χ0n) is 50.0. The number of fused-ring (bicyclic) bond motifs is 14. The highest BCUT2D eigenvalue weighted by atomic mass is 19.1. The fourth-order valence-electron chi connectivity index (χ4n) is 11.6. The number of piperazine rings is 2. The molecule has 0 radical (unpaired) electrons. The Balaban J connectivity index is 0.000000298. The average molecular weight is 1180 g/mol. The van der Waals surface area contributed by atoms with Gasteiger partial charge in [0, 0.05) is 120 Å². The molecular weight excluding hydrogens is 1110 g/mol. The molecule has 1 aromatic heterocycles. The van der Waals surface area contributed by atoms with E-state index in [-0.39, 0.29) is 68.1 Å². The maximum absolute atomic E-state index is 15.0. The lowest BCUT2D eigenvalue weighted by molar-refractivity contribution is -0.160. The smallest absolute Gasteiger partial charge is 0.341 e. The van der Waals surface area contributed by atoms with Crippen molar-refractivity contribution >= 4 is 62.9 Å². The van der Waals surface area contributed by atoms with E-state index in [1.807, 2.05) is 25.9 Å². The van der Waals surface area contributed by atoms with Crippen LogP contribution < -0.4 is 25.1 Å². The number of nitrogens with zero attached hydrogens (tertiary/aromatic N) is 6. The minimum atomic E-state index is -2.04. The first-order valence-corrected chi connectivity index (χ1v) is 28.4. The number of carbonyl (C=O) groups is 4. The number of benzene rings is 3. The van der Waals surface area contributed by atoms with Crippen LogP contribution >= 0.6 is 0 Å². The number of Topliss-reactive ketones (excluding diaryl/α,β-unsaturated/α-hetero) is 1. The predicted molar refractivity (Wildman–Crippen MR) is 316 cm³/mol.